The first-order valence-corrected chi connectivity index (χ1v) is 19.7. The lowest BCUT2D eigenvalue weighted by molar-refractivity contribution is -0.131. The molecule has 0 fully saturated rings. The van der Waals surface area contributed by atoms with Crippen LogP contribution in [0.2, 0.25) is 0 Å². The maximum absolute atomic E-state index is 11.9. The highest BCUT2D eigenvalue weighted by molar-refractivity contribution is 6.63. The molecule has 15 nitrogen and oxygen atoms in total. The average Bonchev–Trinajstić information content (AvgIpc) is 3.14. The monoisotopic (exact) mass is 869 g/mol. The van der Waals surface area contributed by atoms with Crippen molar-refractivity contribution in [1.82, 2.24) is 31.1 Å². The van der Waals surface area contributed by atoms with Gasteiger partial charge in [-0.1, -0.05) is 26.2 Å². The van der Waals surface area contributed by atoms with E-state index in [4.69, 9.17) is 69.5 Å². The van der Waals surface area contributed by atoms with Crippen LogP contribution in [0, 0.1) is 0 Å². The molecule has 0 aromatic rings. The molecule has 0 saturated carbocycles. The summed E-state index contributed by atoms with van der Waals surface area (Å²) in [5.41, 5.74) is 10.5. The minimum absolute atomic E-state index is 0. The van der Waals surface area contributed by atoms with Crippen LogP contribution in [-0.4, -0.2) is 139 Å². The highest BCUT2D eigenvalue weighted by atomic mass is 35.5. The van der Waals surface area contributed by atoms with E-state index in [0.29, 0.717) is 58.2 Å². The maximum Gasteiger partial charge on any atom is 0.246 e. The first-order chi connectivity index (χ1) is 25.8. The number of unbranched alkanes of at least 4 members (excludes halogenated alkanes) is 2. The molecule has 6 amide bonds. The second-order valence-electron chi connectivity index (χ2n) is 10.3. The first kappa shape index (κ1) is 57.8. The van der Waals surface area contributed by atoms with E-state index in [-0.39, 0.29) is 85.4 Å². The molecule has 0 aliphatic rings. The van der Waals surface area contributed by atoms with Crippen molar-refractivity contribution in [2.45, 2.75) is 44.9 Å². The lowest BCUT2D eigenvalue weighted by Crippen LogP contribution is -2.42. The van der Waals surface area contributed by atoms with Gasteiger partial charge in [-0.2, -0.15) is 0 Å². The van der Waals surface area contributed by atoms with E-state index < -0.39 is 0 Å². The number of carbonyl (C=O) groups excluding carboxylic acids is 7. The zero-order valence-electron chi connectivity index (χ0n) is 31.0. The summed E-state index contributed by atoms with van der Waals surface area (Å²) >= 11 is 26.4. The molecule has 8 N–H and O–H groups in total. The Balaban J connectivity index is -0.000000227. The van der Waals surface area contributed by atoms with Gasteiger partial charge < -0.3 is 42.5 Å². The Kier molecular flexibility index (Phi) is 47.6. The average molecular weight is 872 g/mol. The van der Waals surface area contributed by atoms with E-state index in [1.165, 1.54) is 17.4 Å². The van der Waals surface area contributed by atoms with Gasteiger partial charge in [0.05, 0.1) is 0 Å². The fraction of sp³-hybridized carbons (Fsp3) is 0.618. The molecule has 314 valence electrons. The molecule has 0 aliphatic heterocycles. The van der Waals surface area contributed by atoms with Crippen molar-refractivity contribution in [3.63, 3.8) is 0 Å². The van der Waals surface area contributed by atoms with Crippen LogP contribution in [0.15, 0.2) is 38.0 Å². The van der Waals surface area contributed by atoms with Crippen LogP contribution < -0.4 is 32.7 Å². The number of rotatable bonds is 27. The Morgan fingerprint density at radius 2 is 0.907 bits per heavy atom. The molecule has 0 bridgehead atoms. The van der Waals surface area contributed by atoms with Gasteiger partial charge in [0.1, 0.15) is 0 Å². The van der Waals surface area contributed by atoms with Gasteiger partial charge in [-0.05, 0) is 55.8 Å². The SMILES string of the molecule is C=CC(=O)NCCN(CCNC(=O)C=C)C(=O)C=C.NCCCCCN.O=C(CCCl)NCCN(CCNC(=O)CCCl)C(=O)CCCl.O=C(Cl)CCCl.[2HH]. The van der Waals surface area contributed by atoms with Crippen LogP contribution in [-0.2, 0) is 33.6 Å². The molecule has 0 heterocycles. The molecule has 0 aromatic heterocycles. The molecular weight excluding hydrogens is 810 g/mol. The van der Waals surface area contributed by atoms with Gasteiger partial charge in [-0.25, -0.2) is 0 Å². The zero-order chi connectivity index (χ0) is 42.0. The van der Waals surface area contributed by atoms with E-state index in [1.54, 1.807) is 4.90 Å². The van der Waals surface area contributed by atoms with E-state index in [9.17, 15) is 33.6 Å². The Morgan fingerprint density at radius 3 is 1.20 bits per heavy atom. The van der Waals surface area contributed by atoms with Crippen LogP contribution >= 0.6 is 58.0 Å². The summed E-state index contributed by atoms with van der Waals surface area (Å²) in [7, 11) is 0. The smallest absolute Gasteiger partial charge is 0.246 e. The highest BCUT2D eigenvalue weighted by Gasteiger charge is 2.14. The standard InChI is InChI=1S/C13H22Cl3N3O3.C13H19N3O3.C5H14N2.C3H4Cl2O.H2/c14-4-1-11(20)17-7-9-19(13(22)3-6-16)10-8-18-12(21)2-5-15;1-4-11(17)14-7-9-16(13(19)6-3)10-8-15-12(18)5-2;6-4-2-1-3-5-7;4-2-1-3(5)6;/h1-10H2,(H,17,20)(H,18,21);4-6H,1-3,7-10H2,(H,14,17)(H,15,18);1-7H2;1-2H2;1H/i;;;;1+1. The molecule has 0 saturated heterocycles. The number of nitrogens with one attached hydrogen (secondary N) is 4. The van der Waals surface area contributed by atoms with Crippen molar-refractivity contribution in [1.29, 1.82) is 0 Å². The number of hydrogen-bond acceptors (Lipinski definition) is 9. The van der Waals surface area contributed by atoms with E-state index in [0.717, 1.165) is 38.1 Å². The molecule has 0 aliphatic carbocycles. The van der Waals surface area contributed by atoms with Gasteiger partial charge in [-0.15, -0.1) is 46.4 Å². The molecule has 20 heteroatoms. The molecule has 0 aromatic carbocycles. The van der Waals surface area contributed by atoms with E-state index >= 15 is 0 Å². The first-order valence-electron chi connectivity index (χ1n) is 17.1. The maximum atomic E-state index is 11.9. The third-order valence-corrected chi connectivity index (χ3v) is 7.08. The largest absolute Gasteiger partial charge is 0.354 e. The van der Waals surface area contributed by atoms with Gasteiger partial charge in [0, 0.05) is 103 Å². The molecular formula is C34H61Cl5N8O7. The van der Waals surface area contributed by atoms with Gasteiger partial charge >= 0.3 is 0 Å². The van der Waals surface area contributed by atoms with Gasteiger partial charge in [0.2, 0.25) is 40.7 Å². The minimum atomic E-state index is -0.370. The van der Waals surface area contributed by atoms with Crippen molar-refractivity contribution in [2.24, 2.45) is 11.5 Å². The number of amides is 6. The predicted molar refractivity (Wildman–Crippen MR) is 222 cm³/mol. The van der Waals surface area contributed by atoms with Crippen LogP contribution in [0.25, 0.3) is 0 Å². The predicted octanol–water partition coefficient (Wildman–Crippen LogP) is 2.24. The lowest BCUT2D eigenvalue weighted by Gasteiger charge is -2.23. The number of hydrogen-bond donors (Lipinski definition) is 6. The summed E-state index contributed by atoms with van der Waals surface area (Å²) in [6, 6.07) is 0. The summed E-state index contributed by atoms with van der Waals surface area (Å²) < 4.78 is 0. The highest BCUT2D eigenvalue weighted by Crippen LogP contribution is 1.97. The Hall–Kier alpha value is -2.92. The zero-order valence-corrected chi connectivity index (χ0v) is 34.8. The fourth-order valence-electron chi connectivity index (χ4n) is 3.38. The summed E-state index contributed by atoms with van der Waals surface area (Å²) in [5, 5.41) is 10.1. The molecule has 0 rings (SSSR count). The molecule has 0 spiro atoms. The normalized spacial score (nSPS) is 9.46. The third-order valence-electron chi connectivity index (χ3n) is 6.13. The van der Waals surface area contributed by atoms with Crippen LogP contribution in [0.5, 0.6) is 0 Å². The topological polar surface area (TPSA) is 226 Å². The quantitative estimate of drug-likeness (QED) is 0.0308. The van der Waals surface area contributed by atoms with Gasteiger partial charge in [-0.3, -0.25) is 33.6 Å². The van der Waals surface area contributed by atoms with Crippen molar-refractivity contribution >= 4 is 98.7 Å². The number of halogens is 5. The van der Waals surface area contributed by atoms with Crippen molar-refractivity contribution in [3.8, 4) is 0 Å². The summed E-state index contributed by atoms with van der Waals surface area (Å²) in [4.78, 5) is 80.7. The molecule has 0 atom stereocenters. The van der Waals surface area contributed by atoms with Gasteiger partial charge in [0.15, 0.2) is 0 Å². The number of carbonyl (C=O) groups is 7. The van der Waals surface area contributed by atoms with E-state index in [2.05, 4.69) is 41.0 Å². The summed E-state index contributed by atoms with van der Waals surface area (Å²) in [5.74, 6) is -0.230. The van der Waals surface area contributed by atoms with Crippen molar-refractivity contribution in [2.75, 3.05) is 89.0 Å². The van der Waals surface area contributed by atoms with Crippen LogP contribution in [0.4, 0.5) is 0 Å². The Labute approximate surface area is 346 Å². The number of nitrogens with two attached hydrogens (primary N) is 2. The van der Waals surface area contributed by atoms with Gasteiger partial charge in [0.25, 0.3) is 0 Å². The number of alkyl halides is 4. The van der Waals surface area contributed by atoms with Crippen LogP contribution in [0.3, 0.4) is 0 Å². The third kappa shape index (κ3) is 43.5. The molecule has 54 heavy (non-hydrogen) atoms. The van der Waals surface area contributed by atoms with Crippen molar-refractivity contribution < 1.29 is 35.0 Å². The fourth-order valence-corrected chi connectivity index (χ4v) is 4.25. The molecule has 0 unspecified atom stereocenters. The Bertz CT molecular complexity index is 1040. The second-order valence-corrected chi connectivity index (χ2v) is 12.3. The number of nitrogens with zero attached hydrogens (tertiary/aromatic N) is 2. The minimum Gasteiger partial charge on any atom is -0.354 e. The van der Waals surface area contributed by atoms with Crippen LogP contribution in [0.1, 0.15) is 46.4 Å². The van der Waals surface area contributed by atoms with E-state index in [1.807, 2.05) is 0 Å². The summed E-state index contributed by atoms with van der Waals surface area (Å²) in [6.45, 7) is 14.3. The van der Waals surface area contributed by atoms with Crippen molar-refractivity contribution in [3.05, 3.63) is 38.0 Å². The Morgan fingerprint density at radius 1 is 0.537 bits per heavy atom. The molecule has 0 radical (unpaired) electrons. The second kappa shape index (κ2) is 44.5. The summed E-state index contributed by atoms with van der Waals surface area (Å²) in [6.07, 6.45) is 7.90. The lowest BCUT2D eigenvalue weighted by atomic mass is 10.2.